The van der Waals surface area contributed by atoms with E-state index in [2.05, 4.69) is 31.3 Å². The van der Waals surface area contributed by atoms with Crippen molar-refractivity contribution in [3.63, 3.8) is 0 Å². The summed E-state index contributed by atoms with van der Waals surface area (Å²) >= 11 is 13.1. The molecule has 1 N–H and O–H groups in total. The third-order valence-corrected chi connectivity index (χ3v) is 8.65. The molecule has 1 saturated carbocycles. The molecule has 34 heavy (non-hydrogen) atoms. The van der Waals surface area contributed by atoms with Crippen LogP contribution in [0.4, 0.5) is 0 Å². The summed E-state index contributed by atoms with van der Waals surface area (Å²) in [5.41, 5.74) is 2.40. The van der Waals surface area contributed by atoms with Gasteiger partial charge in [-0.15, -0.1) is 0 Å². The smallest absolute Gasteiger partial charge is 0.254 e. The topological polar surface area (TPSA) is 49.4 Å². The average molecular weight is 501 g/mol. The van der Waals surface area contributed by atoms with Crippen LogP contribution >= 0.6 is 23.2 Å². The van der Waals surface area contributed by atoms with Gasteiger partial charge in [-0.3, -0.25) is 9.59 Å². The Labute approximate surface area is 213 Å². The first kappa shape index (κ1) is 25.1. The van der Waals surface area contributed by atoms with Gasteiger partial charge >= 0.3 is 0 Å². The van der Waals surface area contributed by atoms with Gasteiger partial charge in [0.25, 0.3) is 5.91 Å². The standard InChI is InChI=1S/C28H34Cl2N2O2/c1-6-32(16(2)3)26(33)19-9-12-21(23(30)15-19)22-13-14-28(5)25(17(4)31-27(28)34)24(22)18-7-10-20(29)11-8-18/h7-12,15-17,22,24-25H,6,13-14H2,1-5H3,(H,31,34)/t17-,22+,24+,25+,28-/m1/s1. The first-order valence-electron chi connectivity index (χ1n) is 12.2. The van der Waals surface area contributed by atoms with Crippen molar-refractivity contribution in [3.8, 4) is 0 Å². The molecule has 4 rings (SSSR count). The summed E-state index contributed by atoms with van der Waals surface area (Å²) in [7, 11) is 0. The number of carbonyl (C=O) groups is 2. The van der Waals surface area contributed by atoms with E-state index >= 15 is 0 Å². The van der Waals surface area contributed by atoms with E-state index in [1.54, 1.807) is 0 Å². The molecule has 2 aliphatic rings. The van der Waals surface area contributed by atoms with Crippen LogP contribution in [0.15, 0.2) is 42.5 Å². The van der Waals surface area contributed by atoms with E-state index in [0.29, 0.717) is 22.2 Å². The van der Waals surface area contributed by atoms with Crippen molar-refractivity contribution in [2.75, 3.05) is 6.54 Å². The summed E-state index contributed by atoms with van der Waals surface area (Å²) in [6.45, 7) is 10.9. The molecule has 1 saturated heterocycles. The molecule has 0 bridgehead atoms. The molecule has 4 nitrogen and oxygen atoms in total. The normalized spacial score (nSPS) is 28.5. The molecule has 0 unspecified atom stereocenters. The molecule has 6 heteroatoms. The second-order valence-corrected chi connectivity index (χ2v) is 11.2. The molecule has 5 atom stereocenters. The van der Waals surface area contributed by atoms with Gasteiger partial charge in [0.15, 0.2) is 0 Å². The summed E-state index contributed by atoms with van der Waals surface area (Å²) in [5.74, 6) is 0.512. The van der Waals surface area contributed by atoms with Crippen molar-refractivity contribution in [1.29, 1.82) is 0 Å². The molecule has 0 radical (unpaired) electrons. The Balaban J connectivity index is 1.76. The molecule has 1 heterocycles. The molecule has 2 aromatic rings. The number of fused-ring (bicyclic) bond motifs is 1. The Kier molecular flexibility index (Phi) is 7.04. The first-order valence-corrected chi connectivity index (χ1v) is 13.0. The highest BCUT2D eigenvalue weighted by molar-refractivity contribution is 6.32. The minimum Gasteiger partial charge on any atom is -0.353 e. The molecule has 0 aromatic heterocycles. The van der Waals surface area contributed by atoms with E-state index in [1.807, 2.05) is 56.0 Å². The zero-order chi connectivity index (χ0) is 24.8. The minimum absolute atomic E-state index is 0.00404. The number of rotatable bonds is 5. The first-order chi connectivity index (χ1) is 16.1. The predicted octanol–water partition coefficient (Wildman–Crippen LogP) is 6.67. The highest BCUT2D eigenvalue weighted by Crippen LogP contribution is 2.59. The van der Waals surface area contributed by atoms with Crippen molar-refractivity contribution < 1.29 is 9.59 Å². The molecule has 0 spiro atoms. The number of nitrogens with one attached hydrogen (secondary N) is 1. The van der Waals surface area contributed by atoms with Gasteiger partial charge in [-0.05, 0) is 87.8 Å². The molecule has 2 fully saturated rings. The highest BCUT2D eigenvalue weighted by Gasteiger charge is 2.57. The number of nitrogens with zero attached hydrogens (tertiary/aromatic N) is 1. The van der Waals surface area contributed by atoms with Gasteiger partial charge in [0.05, 0.1) is 5.41 Å². The Morgan fingerprint density at radius 3 is 2.44 bits per heavy atom. The van der Waals surface area contributed by atoms with Gasteiger partial charge < -0.3 is 10.2 Å². The largest absolute Gasteiger partial charge is 0.353 e. The van der Waals surface area contributed by atoms with Crippen LogP contribution in [0.3, 0.4) is 0 Å². The fourth-order valence-electron chi connectivity index (χ4n) is 6.38. The van der Waals surface area contributed by atoms with E-state index in [4.69, 9.17) is 23.2 Å². The lowest BCUT2D eigenvalue weighted by Gasteiger charge is -2.46. The number of hydrogen-bond donors (Lipinski definition) is 1. The van der Waals surface area contributed by atoms with Gasteiger partial charge in [0, 0.05) is 40.2 Å². The Hall–Kier alpha value is -2.04. The summed E-state index contributed by atoms with van der Waals surface area (Å²) in [4.78, 5) is 27.8. The molecular weight excluding hydrogens is 467 g/mol. The average Bonchev–Trinajstić information content (AvgIpc) is 3.02. The van der Waals surface area contributed by atoms with Crippen molar-refractivity contribution in [2.45, 2.75) is 71.4 Å². The van der Waals surface area contributed by atoms with Crippen LogP contribution in [0.2, 0.25) is 10.0 Å². The van der Waals surface area contributed by atoms with Crippen LogP contribution in [0.1, 0.15) is 80.8 Å². The summed E-state index contributed by atoms with van der Waals surface area (Å²) in [6.07, 6.45) is 1.65. The monoisotopic (exact) mass is 500 g/mol. The van der Waals surface area contributed by atoms with Crippen LogP contribution in [-0.4, -0.2) is 35.3 Å². The summed E-state index contributed by atoms with van der Waals surface area (Å²) in [5, 5.41) is 4.51. The van der Waals surface area contributed by atoms with Crippen LogP contribution in [0, 0.1) is 11.3 Å². The lowest BCUT2D eigenvalue weighted by molar-refractivity contribution is -0.129. The fourth-order valence-corrected chi connectivity index (χ4v) is 6.83. The second-order valence-electron chi connectivity index (χ2n) is 10.3. The Bertz CT molecular complexity index is 1080. The SMILES string of the molecule is CCN(C(=O)c1ccc([C@@H]2CC[C@@]3(C)C(=O)N[C@H](C)[C@H]3[C@H]2c2ccc(Cl)cc2)c(Cl)c1)C(C)C. The van der Waals surface area contributed by atoms with Crippen LogP contribution < -0.4 is 5.32 Å². The Morgan fingerprint density at radius 1 is 1.18 bits per heavy atom. The lowest BCUT2D eigenvalue weighted by atomic mass is 9.56. The van der Waals surface area contributed by atoms with Crippen LogP contribution in [-0.2, 0) is 4.79 Å². The van der Waals surface area contributed by atoms with Gasteiger partial charge in [-0.25, -0.2) is 0 Å². The Morgan fingerprint density at radius 2 is 1.85 bits per heavy atom. The number of benzene rings is 2. The lowest BCUT2D eigenvalue weighted by Crippen LogP contribution is -2.42. The minimum atomic E-state index is -0.415. The molecule has 2 amide bonds. The van der Waals surface area contributed by atoms with E-state index in [9.17, 15) is 9.59 Å². The molecule has 1 aliphatic heterocycles. The van der Waals surface area contributed by atoms with Crippen molar-refractivity contribution >= 4 is 35.0 Å². The van der Waals surface area contributed by atoms with Crippen LogP contribution in [0.25, 0.3) is 0 Å². The molecule has 2 aromatic carbocycles. The number of amides is 2. The van der Waals surface area contributed by atoms with Gasteiger partial charge in [-0.2, -0.15) is 0 Å². The third-order valence-electron chi connectivity index (χ3n) is 8.07. The van der Waals surface area contributed by atoms with E-state index in [0.717, 1.165) is 18.4 Å². The van der Waals surface area contributed by atoms with Crippen molar-refractivity contribution in [3.05, 3.63) is 69.2 Å². The number of carbonyl (C=O) groups excluding carboxylic acids is 2. The van der Waals surface area contributed by atoms with E-state index in [1.165, 1.54) is 5.56 Å². The third kappa shape index (κ3) is 4.24. The van der Waals surface area contributed by atoms with Crippen LogP contribution in [0.5, 0.6) is 0 Å². The highest BCUT2D eigenvalue weighted by atomic mass is 35.5. The maximum absolute atomic E-state index is 13.1. The second kappa shape index (κ2) is 9.54. The maximum atomic E-state index is 13.1. The molecule has 182 valence electrons. The predicted molar refractivity (Wildman–Crippen MR) is 139 cm³/mol. The number of halogens is 2. The van der Waals surface area contributed by atoms with Gasteiger partial charge in [-0.1, -0.05) is 48.3 Å². The maximum Gasteiger partial charge on any atom is 0.254 e. The van der Waals surface area contributed by atoms with Crippen molar-refractivity contribution in [2.24, 2.45) is 11.3 Å². The zero-order valence-electron chi connectivity index (χ0n) is 20.6. The molecular formula is C28H34Cl2N2O2. The summed E-state index contributed by atoms with van der Waals surface area (Å²) < 4.78 is 0. The zero-order valence-corrected chi connectivity index (χ0v) is 22.1. The van der Waals surface area contributed by atoms with Gasteiger partial charge in [0.2, 0.25) is 5.91 Å². The van der Waals surface area contributed by atoms with E-state index in [-0.39, 0.29) is 41.7 Å². The van der Waals surface area contributed by atoms with Gasteiger partial charge in [0.1, 0.15) is 0 Å². The fraction of sp³-hybridized carbons (Fsp3) is 0.500. The number of hydrogen-bond acceptors (Lipinski definition) is 2. The molecule has 1 aliphatic carbocycles. The van der Waals surface area contributed by atoms with E-state index < -0.39 is 5.41 Å². The van der Waals surface area contributed by atoms with Crippen molar-refractivity contribution in [1.82, 2.24) is 10.2 Å². The quantitative estimate of drug-likeness (QED) is 0.498. The summed E-state index contributed by atoms with van der Waals surface area (Å²) in [6, 6.07) is 13.9.